The molecule has 0 spiro atoms. The van der Waals surface area contributed by atoms with Crippen molar-refractivity contribution >= 4 is 40.9 Å². The van der Waals surface area contributed by atoms with Crippen LogP contribution in [0.25, 0.3) is 0 Å². The second kappa shape index (κ2) is 9.09. The zero-order chi connectivity index (χ0) is 16.5. The number of carbonyl (C=O) groups is 3. The molecule has 0 aliphatic heterocycles. The third-order valence-corrected chi connectivity index (χ3v) is 3.34. The van der Waals surface area contributed by atoms with Crippen LogP contribution in [-0.4, -0.2) is 35.9 Å². The zero-order valence-corrected chi connectivity index (χ0v) is 13.7. The van der Waals surface area contributed by atoms with Crippen molar-refractivity contribution in [1.29, 1.82) is 0 Å². The zero-order valence-electron chi connectivity index (χ0n) is 12.9. The quantitative estimate of drug-likeness (QED) is 0.595. The lowest BCUT2D eigenvalue weighted by Crippen LogP contribution is -2.13. The summed E-state index contributed by atoms with van der Waals surface area (Å²) in [4.78, 5) is 34.3. The molecule has 22 heavy (non-hydrogen) atoms. The SMILES string of the molecule is CCSCCOC(=O)c1cc(NC(C)=O)cc(NC(C)=O)c1. The Balaban J connectivity index is 2.88. The average Bonchev–Trinajstić information content (AvgIpc) is 2.41. The van der Waals surface area contributed by atoms with Gasteiger partial charge in [0.05, 0.1) is 5.56 Å². The smallest absolute Gasteiger partial charge is 0.338 e. The van der Waals surface area contributed by atoms with E-state index in [1.807, 2.05) is 6.92 Å². The lowest BCUT2D eigenvalue weighted by Gasteiger charge is -2.10. The summed E-state index contributed by atoms with van der Waals surface area (Å²) >= 11 is 1.68. The predicted molar refractivity (Wildman–Crippen MR) is 88.3 cm³/mol. The first kappa shape index (κ1) is 18.0. The van der Waals surface area contributed by atoms with Gasteiger partial charge in [-0.2, -0.15) is 11.8 Å². The van der Waals surface area contributed by atoms with Gasteiger partial charge in [-0.3, -0.25) is 9.59 Å². The van der Waals surface area contributed by atoms with Gasteiger partial charge < -0.3 is 15.4 Å². The summed E-state index contributed by atoms with van der Waals surface area (Å²) < 4.78 is 5.16. The molecule has 120 valence electrons. The van der Waals surface area contributed by atoms with E-state index in [2.05, 4.69) is 10.6 Å². The Morgan fingerprint density at radius 2 is 1.59 bits per heavy atom. The number of anilines is 2. The van der Waals surface area contributed by atoms with Crippen LogP contribution in [0.3, 0.4) is 0 Å². The Bertz CT molecular complexity index is 526. The van der Waals surface area contributed by atoms with Crippen LogP contribution >= 0.6 is 11.8 Å². The number of nitrogens with one attached hydrogen (secondary N) is 2. The highest BCUT2D eigenvalue weighted by Crippen LogP contribution is 2.20. The third kappa shape index (κ3) is 6.62. The monoisotopic (exact) mass is 324 g/mol. The summed E-state index contributed by atoms with van der Waals surface area (Å²) in [7, 11) is 0. The number of hydrogen-bond donors (Lipinski definition) is 2. The summed E-state index contributed by atoms with van der Waals surface area (Å²) in [5, 5.41) is 5.18. The normalized spacial score (nSPS) is 9.95. The summed E-state index contributed by atoms with van der Waals surface area (Å²) in [5.74, 6) is 0.668. The summed E-state index contributed by atoms with van der Waals surface area (Å²) in [5.41, 5.74) is 1.12. The Hall–Kier alpha value is -2.02. The summed E-state index contributed by atoms with van der Waals surface area (Å²) in [6, 6.07) is 4.61. The Kier molecular flexibility index (Phi) is 7.45. The molecule has 0 aromatic heterocycles. The van der Waals surface area contributed by atoms with Crippen molar-refractivity contribution in [3.63, 3.8) is 0 Å². The van der Waals surface area contributed by atoms with E-state index < -0.39 is 5.97 Å². The van der Waals surface area contributed by atoms with Crippen LogP contribution in [0.15, 0.2) is 18.2 Å². The maximum atomic E-state index is 12.0. The van der Waals surface area contributed by atoms with Gasteiger partial charge in [0.2, 0.25) is 11.8 Å². The van der Waals surface area contributed by atoms with Crippen LogP contribution in [0.4, 0.5) is 11.4 Å². The molecule has 2 N–H and O–H groups in total. The molecule has 0 heterocycles. The third-order valence-electron chi connectivity index (χ3n) is 2.47. The minimum absolute atomic E-state index is 0.265. The van der Waals surface area contributed by atoms with Gasteiger partial charge >= 0.3 is 5.97 Å². The number of esters is 1. The van der Waals surface area contributed by atoms with E-state index >= 15 is 0 Å². The Morgan fingerprint density at radius 1 is 1.05 bits per heavy atom. The molecule has 0 saturated heterocycles. The molecule has 2 amide bonds. The fourth-order valence-electron chi connectivity index (χ4n) is 1.72. The fraction of sp³-hybridized carbons (Fsp3) is 0.400. The molecule has 1 aromatic rings. The second-order valence-electron chi connectivity index (χ2n) is 4.49. The van der Waals surface area contributed by atoms with E-state index in [1.165, 1.54) is 26.0 Å². The largest absolute Gasteiger partial charge is 0.461 e. The van der Waals surface area contributed by atoms with Gasteiger partial charge in [-0.15, -0.1) is 0 Å². The summed E-state index contributed by atoms with van der Waals surface area (Å²) in [6.07, 6.45) is 0. The number of amides is 2. The maximum absolute atomic E-state index is 12.0. The van der Waals surface area contributed by atoms with Gasteiger partial charge in [0.25, 0.3) is 0 Å². The lowest BCUT2D eigenvalue weighted by molar-refractivity contribution is -0.115. The molecule has 1 aromatic carbocycles. The van der Waals surface area contributed by atoms with Crippen molar-refractivity contribution in [2.24, 2.45) is 0 Å². The van der Waals surface area contributed by atoms with Crippen LogP contribution in [-0.2, 0) is 14.3 Å². The van der Waals surface area contributed by atoms with Gasteiger partial charge in [0.1, 0.15) is 6.61 Å². The highest BCUT2D eigenvalue weighted by molar-refractivity contribution is 7.99. The van der Waals surface area contributed by atoms with E-state index in [0.29, 0.717) is 18.0 Å². The van der Waals surface area contributed by atoms with Crippen molar-refractivity contribution in [2.45, 2.75) is 20.8 Å². The molecule has 0 saturated carbocycles. The van der Waals surface area contributed by atoms with Crippen molar-refractivity contribution < 1.29 is 19.1 Å². The van der Waals surface area contributed by atoms with Gasteiger partial charge in [0, 0.05) is 31.0 Å². The van der Waals surface area contributed by atoms with Crippen LogP contribution in [0.2, 0.25) is 0 Å². The van der Waals surface area contributed by atoms with E-state index in [1.54, 1.807) is 17.8 Å². The van der Waals surface area contributed by atoms with E-state index in [0.717, 1.165) is 11.5 Å². The molecule has 0 fully saturated rings. The van der Waals surface area contributed by atoms with Gasteiger partial charge in [-0.05, 0) is 24.0 Å². The summed E-state index contributed by atoms with van der Waals surface area (Å²) in [6.45, 7) is 5.08. The molecule has 0 unspecified atom stereocenters. The fourth-order valence-corrected chi connectivity index (χ4v) is 2.21. The number of hydrogen-bond acceptors (Lipinski definition) is 5. The topological polar surface area (TPSA) is 84.5 Å². The van der Waals surface area contributed by atoms with Crippen molar-refractivity contribution in [2.75, 3.05) is 28.7 Å². The highest BCUT2D eigenvalue weighted by Gasteiger charge is 2.11. The van der Waals surface area contributed by atoms with Crippen LogP contribution < -0.4 is 10.6 Å². The molecule has 0 bridgehead atoms. The molecule has 0 atom stereocenters. The van der Waals surface area contributed by atoms with Gasteiger partial charge in [-0.25, -0.2) is 4.79 Å². The van der Waals surface area contributed by atoms with Gasteiger partial charge in [-0.1, -0.05) is 6.92 Å². The minimum Gasteiger partial charge on any atom is -0.461 e. The van der Waals surface area contributed by atoms with Crippen LogP contribution in [0.5, 0.6) is 0 Å². The van der Waals surface area contributed by atoms with E-state index in [4.69, 9.17) is 4.74 Å². The minimum atomic E-state index is -0.490. The molecule has 7 heteroatoms. The number of ether oxygens (including phenoxy) is 1. The standard InChI is InChI=1S/C15H20N2O4S/c1-4-22-6-5-21-15(20)12-7-13(16-10(2)18)9-14(8-12)17-11(3)19/h7-9H,4-6H2,1-3H3,(H,16,18)(H,17,19). The van der Waals surface area contributed by atoms with E-state index in [9.17, 15) is 14.4 Å². The number of benzene rings is 1. The highest BCUT2D eigenvalue weighted by atomic mass is 32.2. The first-order valence-corrected chi connectivity index (χ1v) is 8.03. The molecular weight excluding hydrogens is 304 g/mol. The predicted octanol–water partition coefficient (Wildman–Crippen LogP) is 2.51. The molecule has 0 aliphatic rings. The molecule has 6 nitrogen and oxygen atoms in total. The maximum Gasteiger partial charge on any atom is 0.338 e. The Morgan fingerprint density at radius 3 is 2.05 bits per heavy atom. The van der Waals surface area contributed by atoms with Crippen molar-refractivity contribution in [3.05, 3.63) is 23.8 Å². The van der Waals surface area contributed by atoms with Crippen molar-refractivity contribution in [3.8, 4) is 0 Å². The molecule has 0 aliphatic carbocycles. The average molecular weight is 324 g/mol. The van der Waals surface area contributed by atoms with Crippen molar-refractivity contribution in [1.82, 2.24) is 0 Å². The Labute approximate surface area is 134 Å². The van der Waals surface area contributed by atoms with Gasteiger partial charge in [0.15, 0.2) is 0 Å². The molecule has 1 rings (SSSR count). The van der Waals surface area contributed by atoms with Crippen LogP contribution in [0, 0.1) is 0 Å². The molecular formula is C15H20N2O4S. The second-order valence-corrected chi connectivity index (χ2v) is 5.89. The van der Waals surface area contributed by atoms with E-state index in [-0.39, 0.29) is 17.4 Å². The molecule has 0 radical (unpaired) electrons. The number of carbonyl (C=O) groups excluding carboxylic acids is 3. The van der Waals surface area contributed by atoms with Crippen LogP contribution in [0.1, 0.15) is 31.1 Å². The first-order valence-electron chi connectivity index (χ1n) is 6.87. The first-order chi connectivity index (χ1) is 10.4. The lowest BCUT2D eigenvalue weighted by atomic mass is 10.1. The number of rotatable bonds is 7. The number of thioether (sulfide) groups is 1.